The monoisotopic (exact) mass is 377 g/mol. The first-order chi connectivity index (χ1) is 13.3. The average Bonchev–Trinajstić information content (AvgIpc) is 2.67. The van der Waals surface area contributed by atoms with Gasteiger partial charge in [0.2, 0.25) is 0 Å². The van der Waals surface area contributed by atoms with Crippen molar-refractivity contribution in [3.8, 4) is 0 Å². The third-order valence-electron chi connectivity index (χ3n) is 6.13. The van der Waals surface area contributed by atoms with Gasteiger partial charge in [-0.2, -0.15) is 0 Å². The zero-order valence-electron chi connectivity index (χ0n) is 17.0. The molecule has 0 saturated carbocycles. The molecule has 0 bridgehead atoms. The van der Waals surface area contributed by atoms with Crippen molar-refractivity contribution in [2.24, 2.45) is 16.3 Å². The summed E-state index contributed by atoms with van der Waals surface area (Å²) < 4.78 is 5.13. The fraction of sp³-hybridized carbons (Fsp3) is 0.435. The molecule has 1 aromatic carbocycles. The van der Waals surface area contributed by atoms with Crippen LogP contribution in [-0.4, -0.2) is 23.8 Å². The van der Waals surface area contributed by atoms with Gasteiger partial charge in [-0.25, -0.2) is 9.98 Å². The van der Waals surface area contributed by atoms with Crippen molar-refractivity contribution < 1.29 is 9.53 Å². The van der Waals surface area contributed by atoms with Gasteiger partial charge >= 0.3 is 5.97 Å². The lowest BCUT2D eigenvalue weighted by Gasteiger charge is -2.36. The van der Waals surface area contributed by atoms with Crippen LogP contribution < -0.4 is 5.73 Å². The predicted molar refractivity (Wildman–Crippen MR) is 111 cm³/mol. The number of pyridine rings is 1. The number of nitrogen functional groups attached to an aromatic ring is 1. The van der Waals surface area contributed by atoms with E-state index < -0.39 is 5.92 Å². The van der Waals surface area contributed by atoms with Crippen molar-refractivity contribution in [2.45, 2.75) is 46.0 Å². The van der Waals surface area contributed by atoms with E-state index in [1.807, 2.05) is 37.3 Å². The van der Waals surface area contributed by atoms with Gasteiger partial charge in [-0.15, -0.1) is 0 Å². The van der Waals surface area contributed by atoms with Crippen LogP contribution in [0, 0.1) is 11.3 Å². The molecule has 0 saturated heterocycles. The zero-order chi connectivity index (χ0) is 20.1. The van der Waals surface area contributed by atoms with Gasteiger partial charge in [0.1, 0.15) is 5.92 Å². The maximum Gasteiger partial charge on any atom is 0.315 e. The minimum absolute atomic E-state index is 0.189. The number of anilines is 1. The highest BCUT2D eigenvalue weighted by Crippen LogP contribution is 2.48. The van der Waals surface area contributed by atoms with Crippen LogP contribution in [0.3, 0.4) is 0 Å². The number of esters is 1. The van der Waals surface area contributed by atoms with Crippen LogP contribution in [0.4, 0.5) is 11.5 Å². The summed E-state index contributed by atoms with van der Waals surface area (Å²) in [6.45, 7) is 6.41. The SMILES string of the molecule is COC(=O)C1C(C)=Nc2nc3c(c(N)c2C1c1ccccc1)CC(C)(C)CC3. The molecule has 2 heterocycles. The molecule has 5 heteroatoms. The second-order valence-corrected chi connectivity index (χ2v) is 8.67. The second kappa shape index (κ2) is 6.73. The number of aromatic nitrogens is 1. The van der Waals surface area contributed by atoms with Gasteiger partial charge in [-0.05, 0) is 42.7 Å². The normalized spacial score (nSPS) is 22.6. The highest BCUT2D eigenvalue weighted by Gasteiger charge is 2.42. The molecule has 0 radical (unpaired) electrons. The second-order valence-electron chi connectivity index (χ2n) is 8.67. The molecule has 2 unspecified atom stereocenters. The Hall–Kier alpha value is -2.69. The molecule has 2 N–H and O–H groups in total. The Bertz CT molecular complexity index is 964. The number of nitrogens with zero attached hydrogens (tertiary/aromatic N) is 2. The summed E-state index contributed by atoms with van der Waals surface area (Å²) in [4.78, 5) is 22.3. The number of nitrogens with two attached hydrogens (primary N) is 1. The third-order valence-corrected chi connectivity index (χ3v) is 6.13. The van der Waals surface area contributed by atoms with Crippen molar-refractivity contribution in [1.82, 2.24) is 4.98 Å². The van der Waals surface area contributed by atoms with Gasteiger partial charge in [-0.3, -0.25) is 4.79 Å². The smallest absolute Gasteiger partial charge is 0.315 e. The summed E-state index contributed by atoms with van der Waals surface area (Å²) in [7, 11) is 1.42. The van der Waals surface area contributed by atoms with Gasteiger partial charge in [0.15, 0.2) is 5.82 Å². The van der Waals surface area contributed by atoms with Crippen LogP contribution in [-0.2, 0) is 22.4 Å². The standard InChI is InChI=1S/C23H27N3O2/c1-13-17(22(27)28-4)18(14-8-6-5-7-9-14)19-20(24)15-12-23(2,3)11-10-16(15)26-21(19)25-13/h5-9,17-18H,10-12H2,1-4H3,(H2,24,26). The Labute approximate surface area is 166 Å². The fourth-order valence-corrected chi connectivity index (χ4v) is 4.61. The summed E-state index contributed by atoms with van der Waals surface area (Å²) in [6, 6.07) is 10.0. The van der Waals surface area contributed by atoms with Gasteiger partial charge in [0.05, 0.1) is 7.11 Å². The Morgan fingerprint density at radius 2 is 1.96 bits per heavy atom. The largest absolute Gasteiger partial charge is 0.468 e. The topological polar surface area (TPSA) is 77.6 Å². The van der Waals surface area contributed by atoms with Gasteiger partial charge in [0, 0.05) is 28.6 Å². The van der Waals surface area contributed by atoms with E-state index in [-0.39, 0.29) is 17.3 Å². The molecule has 0 amide bonds. The molecule has 146 valence electrons. The summed E-state index contributed by atoms with van der Waals surface area (Å²) in [5.41, 5.74) is 12.5. The number of rotatable bonds is 2. The molecule has 2 atom stereocenters. The summed E-state index contributed by atoms with van der Waals surface area (Å²) in [5, 5.41) is 0. The molecule has 1 aliphatic heterocycles. The van der Waals surface area contributed by atoms with Crippen molar-refractivity contribution in [3.63, 3.8) is 0 Å². The third kappa shape index (κ3) is 2.99. The highest BCUT2D eigenvalue weighted by molar-refractivity contribution is 6.05. The molecular weight excluding hydrogens is 350 g/mol. The molecule has 1 aromatic heterocycles. The molecule has 1 aliphatic carbocycles. The average molecular weight is 377 g/mol. The molecule has 0 spiro atoms. The first kappa shape index (κ1) is 18.7. The Morgan fingerprint density at radius 1 is 1.25 bits per heavy atom. The number of methoxy groups -OCH3 is 1. The molecule has 2 aliphatic rings. The van der Waals surface area contributed by atoms with Crippen molar-refractivity contribution >= 4 is 23.2 Å². The lowest BCUT2D eigenvalue weighted by atomic mass is 9.72. The lowest BCUT2D eigenvalue weighted by molar-refractivity contribution is -0.143. The van der Waals surface area contributed by atoms with E-state index in [4.69, 9.17) is 20.4 Å². The quantitative estimate of drug-likeness (QED) is 0.796. The minimum Gasteiger partial charge on any atom is -0.468 e. The minimum atomic E-state index is -0.501. The Balaban J connectivity index is 1.97. The van der Waals surface area contributed by atoms with E-state index in [0.29, 0.717) is 5.82 Å². The Morgan fingerprint density at radius 3 is 2.64 bits per heavy atom. The number of fused-ring (bicyclic) bond motifs is 2. The summed E-state index contributed by atoms with van der Waals surface area (Å²) >= 11 is 0. The number of benzene rings is 1. The van der Waals surface area contributed by atoms with Gasteiger partial charge < -0.3 is 10.5 Å². The van der Waals surface area contributed by atoms with Crippen molar-refractivity contribution in [1.29, 1.82) is 0 Å². The molecular formula is C23H27N3O2. The maximum absolute atomic E-state index is 12.7. The highest BCUT2D eigenvalue weighted by atomic mass is 16.5. The van der Waals surface area contributed by atoms with E-state index in [1.165, 1.54) is 7.11 Å². The maximum atomic E-state index is 12.7. The lowest BCUT2D eigenvalue weighted by Crippen LogP contribution is -2.34. The van der Waals surface area contributed by atoms with E-state index in [1.54, 1.807) is 0 Å². The first-order valence-corrected chi connectivity index (χ1v) is 9.81. The molecule has 0 fully saturated rings. The van der Waals surface area contributed by atoms with Crippen LogP contribution >= 0.6 is 0 Å². The van der Waals surface area contributed by atoms with Crippen LogP contribution in [0.2, 0.25) is 0 Å². The zero-order valence-corrected chi connectivity index (χ0v) is 17.0. The van der Waals surface area contributed by atoms with Crippen LogP contribution in [0.1, 0.15) is 55.5 Å². The van der Waals surface area contributed by atoms with Crippen molar-refractivity contribution in [2.75, 3.05) is 12.8 Å². The number of aliphatic imine (C=N–C) groups is 1. The van der Waals surface area contributed by atoms with E-state index in [2.05, 4.69) is 13.8 Å². The fourth-order valence-electron chi connectivity index (χ4n) is 4.61. The van der Waals surface area contributed by atoms with Crippen LogP contribution in [0.5, 0.6) is 0 Å². The summed E-state index contributed by atoms with van der Waals surface area (Å²) in [6.07, 6.45) is 2.88. The molecule has 4 rings (SSSR count). The Kier molecular flexibility index (Phi) is 4.48. The molecule has 5 nitrogen and oxygen atoms in total. The number of ether oxygens (including phenoxy) is 1. The van der Waals surface area contributed by atoms with Crippen molar-refractivity contribution in [3.05, 3.63) is 52.7 Å². The van der Waals surface area contributed by atoms with Gasteiger partial charge in [-0.1, -0.05) is 44.2 Å². The number of hydrogen-bond acceptors (Lipinski definition) is 5. The predicted octanol–water partition coefficient (Wildman–Crippen LogP) is 4.21. The van der Waals surface area contributed by atoms with Crippen LogP contribution in [0.25, 0.3) is 0 Å². The molecule has 28 heavy (non-hydrogen) atoms. The first-order valence-electron chi connectivity index (χ1n) is 9.81. The summed E-state index contributed by atoms with van der Waals surface area (Å²) in [5.74, 6) is -0.386. The molecule has 2 aromatic rings. The van der Waals surface area contributed by atoms with E-state index in [9.17, 15) is 4.79 Å². The van der Waals surface area contributed by atoms with Crippen LogP contribution in [0.15, 0.2) is 35.3 Å². The number of aryl methyl sites for hydroxylation is 1. The number of carbonyl (C=O) groups is 1. The number of hydrogen-bond donors (Lipinski definition) is 1. The van der Waals surface area contributed by atoms with E-state index >= 15 is 0 Å². The van der Waals surface area contributed by atoms with E-state index in [0.717, 1.165) is 53.0 Å². The number of carbonyl (C=O) groups excluding carboxylic acids is 1. The van der Waals surface area contributed by atoms with Gasteiger partial charge in [0.25, 0.3) is 0 Å².